The van der Waals surface area contributed by atoms with Gasteiger partial charge in [-0.3, -0.25) is 0 Å². The van der Waals surface area contributed by atoms with Crippen molar-refractivity contribution in [1.82, 2.24) is 9.47 Å². The van der Waals surface area contributed by atoms with E-state index in [0.29, 0.717) is 12.2 Å². The first-order valence-corrected chi connectivity index (χ1v) is 10.0. The van der Waals surface area contributed by atoms with Crippen molar-refractivity contribution in [2.24, 2.45) is 7.05 Å². The third-order valence-corrected chi connectivity index (χ3v) is 5.20. The lowest BCUT2D eigenvalue weighted by molar-refractivity contribution is 0.0544. The number of ether oxygens (including phenoxy) is 2. The first-order valence-electron chi connectivity index (χ1n) is 10.0. The van der Waals surface area contributed by atoms with Crippen molar-refractivity contribution >= 4 is 16.9 Å². The fourth-order valence-corrected chi connectivity index (χ4v) is 3.28. The maximum atomic E-state index is 12.8. The van der Waals surface area contributed by atoms with Gasteiger partial charge in [-0.25, -0.2) is 4.79 Å². The van der Waals surface area contributed by atoms with Gasteiger partial charge in [0.25, 0.3) is 0 Å². The van der Waals surface area contributed by atoms with Crippen molar-refractivity contribution in [3.63, 3.8) is 0 Å². The molecular formula is C24H32N2O3. The summed E-state index contributed by atoms with van der Waals surface area (Å²) in [5.74, 6) is 0.396. The van der Waals surface area contributed by atoms with E-state index in [1.165, 1.54) is 0 Å². The Bertz CT molecular complexity index is 904. The number of allylic oxidation sites excluding steroid dienone is 2. The highest BCUT2D eigenvalue weighted by molar-refractivity contribution is 6.06. The summed E-state index contributed by atoms with van der Waals surface area (Å²) in [4.78, 5) is 15.1. The van der Waals surface area contributed by atoms with E-state index in [1.807, 2.05) is 36.7 Å². The quantitative estimate of drug-likeness (QED) is 0.409. The van der Waals surface area contributed by atoms with Crippen LogP contribution >= 0.6 is 0 Å². The smallest absolute Gasteiger partial charge is 0.340 e. The number of aromatic nitrogens is 1. The number of nitrogens with zero attached hydrogens (tertiary/aromatic N) is 2. The first-order chi connectivity index (χ1) is 14.0. The van der Waals surface area contributed by atoms with Crippen LogP contribution in [-0.2, 0) is 11.8 Å². The topological polar surface area (TPSA) is 43.7 Å². The van der Waals surface area contributed by atoms with Crippen molar-refractivity contribution < 1.29 is 14.3 Å². The monoisotopic (exact) mass is 396 g/mol. The average Bonchev–Trinajstić information content (AvgIpc) is 2.98. The molecule has 156 valence electrons. The third kappa shape index (κ3) is 5.39. The summed E-state index contributed by atoms with van der Waals surface area (Å²) in [5.41, 5.74) is 3.19. The number of benzene rings is 1. The molecule has 0 saturated heterocycles. The summed E-state index contributed by atoms with van der Waals surface area (Å²) in [6, 6.07) is 5.86. The van der Waals surface area contributed by atoms with Gasteiger partial charge in [-0.15, -0.1) is 0 Å². The maximum Gasteiger partial charge on any atom is 0.340 e. The van der Waals surface area contributed by atoms with Crippen LogP contribution < -0.4 is 4.74 Å². The normalized spacial score (nSPS) is 11.7. The lowest BCUT2D eigenvalue weighted by Gasteiger charge is -2.18. The van der Waals surface area contributed by atoms with Gasteiger partial charge in [-0.2, -0.15) is 0 Å². The Labute approximate surface area is 173 Å². The predicted molar refractivity (Wildman–Crippen MR) is 120 cm³/mol. The average molecular weight is 397 g/mol. The maximum absolute atomic E-state index is 12.8. The van der Waals surface area contributed by atoms with Gasteiger partial charge in [0.2, 0.25) is 0 Å². The van der Waals surface area contributed by atoms with Gasteiger partial charge >= 0.3 is 5.97 Å². The predicted octanol–water partition coefficient (Wildman–Crippen LogP) is 4.66. The Morgan fingerprint density at radius 1 is 1.24 bits per heavy atom. The van der Waals surface area contributed by atoms with Crippen LogP contribution in [0.4, 0.5) is 0 Å². The largest absolute Gasteiger partial charge is 0.492 e. The van der Waals surface area contributed by atoms with E-state index in [2.05, 4.69) is 31.9 Å². The van der Waals surface area contributed by atoms with Crippen LogP contribution in [0, 0.1) is 6.92 Å². The molecule has 0 atom stereocenters. The zero-order valence-electron chi connectivity index (χ0n) is 18.0. The van der Waals surface area contributed by atoms with Gasteiger partial charge in [-0.1, -0.05) is 45.2 Å². The lowest BCUT2D eigenvalue weighted by Crippen LogP contribution is -2.27. The minimum atomic E-state index is -0.356. The van der Waals surface area contributed by atoms with Crippen LogP contribution in [0.1, 0.15) is 29.9 Å². The summed E-state index contributed by atoms with van der Waals surface area (Å²) in [6.45, 7) is 17.2. The number of hydrogen-bond acceptors (Lipinski definition) is 4. The molecule has 1 aromatic heterocycles. The standard InChI is InChI=1S/C24H32N2O3/c1-7-11-19(8-2)17-29-24(27)23-18(5)25(6)22-13-12-20(16-21(22)23)28-15-14-26(9-3)10-4/h7-8,11-13,16H,1-2,9-10,14-15,17H2,3-6H3/b19-11+. The molecule has 0 spiro atoms. The Kier molecular flexibility index (Phi) is 8.28. The molecule has 1 heterocycles. The zero-order chi connectivity index (χ0) is 21.4. The number of hydrogen-bond donors (Lipinski definition) is 0. The van der Waals surface area contributed by atoms with Gasteiger partial charge in [0.05, 0.1) is 5.56 Å². The molecule has 5 heteroatoms. The molecule has 0 bridgehead atoms. The van der Waals surface area contributed by atoms with Crippen molar-refractivity contribution in [3.8, 4) is 5.75 Å². The van der Waals surface area contributed by atoms with Gasteiger partial charge in [0.15, 0.2) is 0 Å². The fraction of sp³-hybridized carbons (Fsp3) is 0.375. The van der Waals surface area contributed by atoms with Crippen molar-refractivity contribution in [2.75, 3.05) is 32.8 Å². The number of carbonyl (C=O) groups is 1. The molecule has 0 aliphatic carbocycles. The summed E-state index contributed by atoms with van der Waals surface area (Å²) in [7, 11) is 1.95. The zero-order valence-corrected chi connectivity index (χ0v) is 18.0. The molecule has 0 radical (unpaired) electrons. The van der Waals surface area contributed by atoms with E-state index < -0.39 is 0 Å². The highest BCUT2D eigenvalue weighted by Gasteiger charge is 2.20. The van der Waals surface area contributed by atoms with E-state index in [4.69, 9.17) is 9.47 Å². The molecule has 5 nitrogen and oxygen atoms in total. The Morgan fingerprint density at radius 2 is 1.97 bits per heavy atom. The van der Waals surface area contributed by atoms with Crippen LogP contribution in [0.25, 0.3) is 10.9 Å². The van der Waals surface area contributed by atoms with Crippen LogP contribution in [0.2, 0.25) is 0 Å². The number of esters is 1. The second-order valence-corrected chi connectivity index (χ2v) is 6.83. The molecule has 2 rings (SSSR count). The van der Waals surface area contributed by atoms with Crippen LogP contribution in [0.5, 0.6) is 5.75 Å². The van der Waals surface area contributed by atoms with Crippen molar-refractivity contribution in [2.45, 2.75) is 20.8 Å². The highest BCUT2D eigenvalue weighted by atomic mass is 16.5. The van der Waals surface area contributed by atoms with Gasteiger partial charge in [-0.05, 0) is 43.8 Å². The van der Waals surface area contributed by atoms with E-state index in [0.717, 1.165) is 47.6 Å². The van der Waals surface area contributed by atoms with E-state index >= 15 is 0 Å². The molecule has 0 N–H and O–H groups in total. The molecule has 0 aliphatic heterocycles. The number of fused-ring (bicyclic) bond motifs is 1. The SMILES string of the molecule is C=C/C=C(\C=C)COC(=O)c1c(C)n(C)c2ccc(OCCN(CC)CC)cc12. The van der Waals surface area contributed by atoms with E-state index in [1.54, 1.807) is 18.2 Å². The minimum absolute atomic E-state index is 0.157. The van der Waals surface area contributed by atoms with Crippen LogP contribution in [0.15, 0.2) is 55.2 Å². The molecule has 0 aliphatic rings. The second kappa shape index (κ2) is 10.7. The number of aryl methyl sites for hydroxylation is 1. The Morgan fingerprint density at radius 3 is 2.59 bits per heavy atom. The number of likely N-dealkylation sites (N-methyl/N-ethyl adjacent to an activating group) is 1. The van der Waals surface area contributed by atoms with Crippen molar-refractivity contribution in [3.05, 3.63) is 66.4 Å². The molecular weight excluding hydrogens is 364 g/mol. The fourth-order valence-electron chi connectivity index (χ4n) is 3.28. The first kappa shape index (κ1) is 22.5. The molecule has 1 aromatic carbocycles. The Balaban J connectivity index is 2.24. The highest BCUT2D eigenvalue weighted by Crippen LogP contribution is 2.29. The molecule has 0 fully saturated rings. The molecule has 29 heavy (non-hydrogen) atoms. The minimum Gasteiger partial charge on any atom is -0.492 e. The molecule has 2 aromatic rings. The van der Waals surface area contributed by atoms with Gasteiger partial charge in [0.1, 0.15) is 19.0 Å². The summed E-state index contributed by atoms with van der Waals surface area (Å²) in [6.07, 6.45) is 5.08. The Hall–Kier alpha value is -2.79. The third-order valence-electron chi connectivity index (χ3n) is 5.20. The molecule has 0 saturated carbocycles. The van der Waals surface area contributed by atoms with Crippen LogP contribution in [0.3, 0.4) is 0 Å². The molecule has 0 unspecified atom stereocenters. The van der Waals surface area contributed by atoms with Gasteiger partial charge in [0, 0.05) is 30.2 Å². The van der Waals surface area contributed by atoms with E-state index in [-0.39, 0.29) is 12.6 Å². The summed E-state index contributed by atoms with van der Waals surface area (Å²) >= 11 is 0. The number of rotatable bonds is 11. The second-order valence-electron chi connectivity index (χ2n) is 6.83. The number of carbonyl (C=O) groups excluding carboxylic acids is 1. The van der Waals surface area contributed by atoms with E-state index in [9.17, 15) is 4.79 Å². The van der Waals surface area contributed by atoms with Crippen molar-refractivity contribution in [1.29, 1.82) is 0 Å². The summed E-state index contributed by atoms with van der Waals surface area (Å²) < 4.78 is 13.5. The van der Waals surface area contributed by atoms with Gasteiger partial charge < -0.3 is 18.9 Å². The summed E-state index contributed by atoms with van der Waals surface area (Å²) in [5, 5.41) is 0.836. The lowest BCUT2D eigenvalue weighted by atomic mass is 10.1. The molecule has 0 amide bonds. The van der Waals surface area contributed by atoms with Crippen LogP contribution in [-0.4, -0.2) is 48.3 Å².